The maximum atomic E-state index is 11.9. The van der Waals surface area contributed by atoms with Gasteiger partial charge in [0.05, 0.1) is 0 Å². The SMILES string of the molecule is Cc1cc2nc(C3CC3)[nH]n2c(=O)c1C. The maximum Gasteiger partial charge on any atom is 0.274 e. The number of aryl methyl sites for hydroxylation is 1. The molecule has 0 saturated heterocycles. The third-order valence-electron chi connectivity index (χ3n) is 3.12. The summed E-state index contributed by atoms with van der Waals surface area (Å²) >= 11 is 0. The third kappa shape index (κ3) is 1.21. The highest BCUT2D eigenvalue weighted by molar-refractivity contribution is 5.43. The van der Waals surface area contributed by atoms with E-state index >= 15 is 0 Å². The van der Waals surface area contributed by atoms with Gasteiger partial charge in [0, 0.05) is 11.5 Å². The van der Waals surface area contributed by atoms with Gasteiger partial charge in [-0.15, -0.1) is 0 Å². The van der Waals surface area contributed by atoms with Gasteiger partial charge in [-0.1, -0.05) is 0 Å². The van der Waals surface area contributed by atoms with E-state index in [1.54, 1.807) is 4.52 Å². The van der Waals surface area contributed by atoms with Crippen LogP contribution in [-0.4, -0.2) is 14.6 Å². The smallest absolute Gasteiger partial charge is 0.274 e. The number of nitrogens with one attached hydrogen (secondary N) is 1. The van der Waals surface area contributed by atoms with Crippen molar-refractivity contribution in [2.75, 3.05) is 0 Å². The number of hydrogen-bond acceptors (Lipinski definition) is 2. The molecule has 3 rings (SSSR count). The van der Waals surface area contributed by atoms with Crippen LogP contribution in [0.5, 0.6) is 0 Å². The van der Waals surface area contributed by atoms with Crippen molar-refractivity contribution in [2.24, 2.45) is 0 Å². The number of H-pyrrole nitrogens is 1. The highest BCUT2D eigenvalue weighted by Gasteiger charge is 2.27. The average Bonchev–Trinajstić information content (AvgIpc) is 2.97. The monoisotopic (exact) mass is 203 g/mol. The first kappa shape index (κ1) is 8.71. The Morgan fingerprint density at radius 3 is 2.87 bits per heavy atom. The molecule has 78 valence electrons. The molecule has 0 spiro atoms. The van der Waals surface area contributed by atoms with Crippen molar-refractivity contribution in [1.82, 2.24) is 14.6 Å². The van der Waals surface area contributed by atoms with Crippen LogP contribution in [-0.2, 0) is 0 Å². The van der Waals surface area contributed by atoms with E-state index in [9.17, 15) is 4.79 Å². The molecule has 1 saturated carbocycles. The molecule has 4 heteroatoms. The number of pyridine rings is 1. The number of aromatic amines is 1. The lowest BCUT2D eigenvalue weighted by Crippen LogP contribution is -2.17. The Bertz CT molecular complexity index is 590. The quantitative estimate of drug-likeness (QED) is 0.763. The van der Waals surface area contributed by atoms with Crippen molar-refractivity contribution in [3.05, 3.63) is 33.4 Å². The first-order valence-electron chi connectivity index (χ1n) is 5.25. The predicted octanol–water partition coefficient (Wildman–Crippen LogP) is 1.52. The summed E-state index contributed by atoms with van der Waals surface area (Å²) in [6.07, 6.45) is 2.37. The molecule has 2 aromatic rings. The molecule has 1 aliphatic carbocycles. The van der Waals surface area contributed by atoms with Crippen LogP contribution in [0.1, 0.15) is 35.7 Å². The molecule has 2 aromatic heterocycles. The molecular weight excluding hydrogens is 190 g/mol. The van der Waals surface area contributed by atoms with Crippen LogP contribution >= 0.6 is 0 Å². The van der Waals surface area contributed by atoms with E-state index in [4.69, 9.17) is 0 Å². The Labute approximate surface area is 86.9 Å². The molecule has 0 atom stereocenters. The van der Waals surface area contributed by atoms with Gasteiger partial charge in [-0.05, 0) is 38.3 Å². The Morgan fingerprint density at radius 2 is 2.20 bits per heavy atom. The van der Waals surface area contributed by atoms with E-state index in [0.717, 1.165) is 22.6 Å². The van der Waals surface area contributed by atoms with Gasteiger partial charge in [-0.2, -0.15) is 4.52 Å². The average molecular weight is 203 g/mol. The van der Waals surface area contributed by atoms with E-state index in [1.807, 2.05) is 19.9 Å². The molecule has 0 bridgehead atoms. The fourth-order valence-corrected chi connectivity index (χ4v) is 1.80. The van der Waals surface area contributed by atoms with Gasteiger partial charge in [0.1, 0.15) is 5.82 Å². The first-order chi connectivity index (χ1) is 7.16. The standard InChI is InChI=1S/C11H13N3O/c1-6-5-9-12-10(8-3-4-8)13-14(9)11(15)7(6)2/h5,8H,3-4H2,1-2H3,(H,12,13). The first-order valence-corrected chi connectivity index (χ1v) is 5.25. The predicted molar refractivity (Wildman–Crippen MR) is 57.3 cm³/mol. The molecule has 2 heterocycles. The van der Waals surface area contributed by atoms with Crippen molar-refractivity contribution in [3.63, 3.8) is 0 Å². The molecule has 1 fully saturated rings. The van der Waals surface area contributed by atoms with Gasteiger partial charge in [-0.3, -0.25) is 9.89 Å². The molecule has 1 N–H and O–H groups in total. The summed E-state index contributed by atoms with van der Waals surface area (Å²) < 4.78 is 1.55. The van der Waals surface area contributed by atoms with Gasteiger partial charge in [0.15, 0.2) is 5.65 Å². The molecular formula is C11H13N3O. The zero-order valence-corrected chi connectivity index (χ0v) is 8.87. The fraction of sp³-hybridized carbons (Fsp3) is 0.455. The van der Waals surface area contributed by atoms with Crippen LogP contribution < -0.4 is 5.56 Å². The van der Waals surface area contributed by atoms with Crippen LogP contribution in [0.4, 0.5) is 0 Å². The summed E-state index contributed by atoms with van der Waals surface area (Å²) in [5.41, 5.74) is 2.56. The summed E-state index contributed by atoms with van der Waals surface area (Å²) in [5.74, 6) is 1.50. The van der Waals surface area contributed by atoms with E-state index in [1.165, 1.54) is 12.8 Å². The lowest BCUT2D eigenvalue weighted by Gasteiger charge is -1.98. The lowest BCUT2D eigenvalue weighted by atomic mass is 10.2. The second kappa shape index (κ2) is 2.72. The molecule has 0 radical (unpaired) electrons. The Balaban J connectivity index is 2.34. The fourth-order valence-electron chi connectivity index (χ4n) is 1.80. The number of aromatic nitrogens is 3. The molecule has 0 aromatic carbocycles. The Kier molecular flexibility index (Phi) is 1.58. The lowest BCUT2D eigenvalue weighted by molar-refractivity contribution is 0.847. The maximum absolute atomic E-state index is 11.9. The van der Waals surface area contributed by atoms with Crippen molar-refractivity contribution >= 4 is 5.65 Å². The summed E-state index contributed by atoms with van der Waals surface area (Å²) in [7, 11) is 0. The summed E-state index contributed by atoms with van der Waals surface area (Å²) in [6, 6.07) is 1.96. The van der Waals surface area contributed by atoms with Gasteiger partial charge in [0.2, 0.25) is 0 Å². The second-order valence-electron chi connectivity index (χ2n) is 4.33. The molecule has 0 aliphatic heterocycles. The van der Waals surface area contributed by atoms with Gasteiger partial charge >= 0.3 is 0 Å². The van der Waals surface area contributed by atoms with Crippen LogP contribution in [0, 0.1) is 13.8 Å². The topological polar surface area (TPSA) is 50.2 Å². The minimum absolute atomic E-state index is 0.0180. The minimum Gasteiger partial charge on any atom is -0.276 e. The normalized spacial score (nSPS) is 16.1. The van der Waals surface area contributed by atoms with E-state index in [0.29, 0.717) is 5.92 Å². The molecule has 1 aliphatic rings. The number of hydrogen-bond donors (Lipinski definition) is 1. The Hall–Kier alpha value is -1.58. The van der Waals surface area contributed by atoms with Crippen molar-refractivity contribution in [2.45, 2.75) is 32.6 Å². The molecule has 4 nitrogen and oxygen atoms in total. The van der Waals surface area contributed by atoms with Crippen molar-refractivity contribution in [3.8, 4) is 0 Å². The second-order valence-corrected chi connectivity index (χ2v) is 4.33. The third-order valence-corrected chi connectivity index (χ3v) is 3.12. The highest BCUT2D eigenvalue weighted by Crippen LogP contribution is 2.37. The number of rotatable bonds is 1. The van der Waals surface area contributed by atoms with E-state index < -0.39 is 0 Å². The summed E-state index contributed by atoms with van der Waals surface area (Å²) in [5, 5.41) is 3.09. The van der Waals surface area contributed by atoms with Crippen LogP contribution in [0.15, 0.2) is 10.9 Å². The highest BCUT2D eigenvalue weighted by atomic mass is 16.1. The number of nitrogens with zero attached hydrogens (tertiary/aromatic N) is 2. The zero-order chi connectivity index (χ0) is 10.6. The minimum atomic E-state index is 0.0180. The number of fused-ring (bicyclic) bond motifs is 1. The van der Waals surface area contributed by atoms with E-state index in [2.05, 4.69) is 10.1 Å². The Morgan fingerprint density at radius 1 is 1.47 bits per heavy atom. The zero-order valence-electron chi connectivity index (χ0n) is 8.87. The molecule has 0 unspecified atom stereocenters. The molecule has 0 amide bonds. The van der Waals surface area contributed by atoms with Crippen molar-refractivity contribution < 1.29 is 0 Å². The summed E-state index contributed by atoms with van der Waals surface area (Å²) in [6.45, 7) is 3.80. The van der Waals surface area contributed by atoms with Gasteiger partial charge in [0.25, 0.3) is 5.56 Å². The largest absolute Gasteiger partial charge is 0.276 e. The van der Waals surface area contributed by atoms with Gasteiger partial charge in [-0.25, -0.2) is 4.98 Å². The van der Waals surface area contributed by atoms with Crippen LogP contribution in [0.25, 0.3) is 5.65 Å². The van der Waals surface area contributed by atoms with Crippen LogP contribution in [0.2, 0.25) is 0 Å². The van der Waals surface area contributed by atoms with Crippen molar-refractivity contribution in [1.29, 1.82) is 0 Å². The molecule has 15 heavy (non-hydrogen) atoms. The van der Waals surface area contributed by atoms with Crippen LogP contribution in [0.3, 0.4) is 0 Å². The van der Waals surface area contributed by atoms with E-state index in [-0.39, 0.29) is 5.56 Å². The summed E-state index contributed by atoms with van der Waals surface area (Å²) in [4.78, 5) is 16.3. The van der Waals surface area contributed by atoms with Gasteiger partial charge < -0.3 is 0 Å².